The number of hydrogen-bond acceptors (Lipinski definition) is 3. The molecule has 0 radical (unpaired) electrons. The van der Waals surface area contributed by atoms with Crippen LogP contribution in [0.15, 0.2) is 53.0 Å². The zero-order chi connectivity index (χ0) is 19.8. The first-order valence-electron chi connectivity index (χ1n) is 8.55. The molecule has 6 nitrogen and oxygen atoms in total. The standard InChI is InChI=1S/C20H22BrN3O3/c1-14(25)22-12-7-13-24(2)20(27)16-9-4-6-11-18(16)23-19(26)15-8-3-5-10-17(15)21/h3-6,8-11H,7,12-13H2,1-2H3,(H,22,25)(H,23,26). The molecule has 0 aliphatic heterocycles. The second-order valence-corrected chi connectivity index (χ2v) is 6.90. The number of para-hydroxylation sites is 1. The van der Waals surface area contributed by atoms with Gasteiger partial charge in [-0.25, -0.2) is 0 Å². The molecule has 3 amide bonds. The SMILES string of the molecule is CC(=O)NCCCN(C)C(=O)c1ccccc1NC(=O)c1ccccc1Br. The largest absolute Gasteiger partial charge is 0.356 e. The van der Waals surface area contributed by atoms with Crippen molar-refractivity contribution in [3.63, 3.8) is 0 Å². The molecule has 7 heteroatoms. The van der Waals surface area contributed by atoms with Gasteiger partial charge in [-0.05, 0) is 46.6 Å². The molecular weight excluding hydrogens is 410 g/mol. The van der Waals surface area contributed by atoms with Crippen molar-refractivity contribution in [3.8, 4) is 0 Å². The minimum Gasteiger partial charge on any atom is -0.356 e. The summed E-state index contributed by atoms with van der Waals surface area (Å²) in [5, 5.41) is 5.51. The van der Waals surface area contributed by atoms with Gasteiger partial charge in [0, 0.05) is 31.5 Å². The predicted molar refractivity (Wildman–Crippen MR) is 109 cm³/mol. The lowest BCUT2D eigenvalue weighted by atomic mass is 10.1. The van der Waals surface area contributed by atoms with Gasteiger partial charge in [0.05, 0.1) is 16.8 Å². The number of anilines is 1. The molecular formula is C20H22BrN3O3. The lowest BCUT2D eigenvalue weighted by molar-refractivity contribution is -0.118. The van der Waals surface area contributed by atoms with Crippen LogP contribution in [0, 0.1) is 0 Å². The first kappa shape index (κ1) is 20.6. The second kappa shape index (κ2) is 9.87. The van der Waals surface area contributed by atoms with Crippen LogP contribution in [0.4, 0.5) is 5.69 Å². The van der Waals surface area contributed by atoms with E-state index < -0.39 is 0 Å². The van der Waals surface area contributed by atoms with Gasteiger partial charge in [-0.15, -0.1) is 0 Å². The summed E-state index contributed by atoms with van der Waals surface area (Å²) < 4.78 is 0.682. The highest BCUT2D eigenvalue weighted by Gasteiger charge is 2.18. The third-order valence-electron chi connectivity index (χ3n) is 3.92. The van der Waals surface area contributed by atoms with Crippen molar-refractivity contribution in [2.45, 2.75) is 13.3 Å². The van der Waals surface area contributed by atoms with Crippen molar-refractivity contribution < 1.29 is 14.4 Å². The summed E-state index contributed by atoms with van der Waals surface area (Å²) in [5.74, 6) is -0.582. The van der Waals surface area contributed by atoms with Crippen LogP contribution in [0.1, 0.15) is 34.1 Å². The lowest BCUT2D eigenvalue weighted by Crippen LogP contribution is -2.31. The van der Waals surface area contributed by atoms with Crippen LogP contribution in [-0.4, -0.2) is 42.8 Å². The van der Waals surface area contributed by atoms with Crippen LogP contribution in [-0.2, 0) is 4.79 Å². The Kier molecular flexibility index (Phi) is 7.55. The Labute approximate surface area is 167 Å². The van der Waals surface area contributed by atoms with Gasteiger partial charge in [-0.1, -0.05) is 24.3 Å². The van der Waals surface area contributed by atoms with Gasteiger partial charge in [0.2, 0.25) is 5.91 Å². The van der Waals surface area contributed by atoms with E-state index in [1.54, 1.807) is 54.4 Å². The van der Waals surface area contributed by atoms with Crippen molar-refractivity contribution in [3.05, 3.63) is 64.1 Å². The maximum absolute atomic E-state index is 12.8. The zero-order valence-electron chi connectivity index (χ0n) is 15.3. The van der Waals surface area contributed by atoms with E-state index in [0.29, 0.717) is 40.8 Å². The molecule has 0 unspecified atom stereocenters. The summed E-state index contributed by atoms with van der Waals surface area (Å²) in [6.07, 6.45) is 0.646. The minimum absolute atomic E-state index is 0.0934. The number of rotatable bonds is 7. The molecule has 0 atom stereocenters. The third kappa shape index (κ3) is 5.92. The molecule has 0 spiro atoms. The van der Waals surface area contributed by atoms with E-state index in [-0.39, 0.29) is 17.7 Å². The quantitative estimate of drug-likeness (QED) is 0.660. The second-order valence-electron chi connectivity index (χ2n) is 6.04. The predicted octanol–water partition coefficient (Wildman–Crippen LogP) is 3.30. The minimum atomic E-state index is -0.295. The Bertz CT molecular complexity index is 839. The Morgan fingerprint density at radius 1 is 1.00 bits per heavy atom. The highest BCUT2D eigenvalue weighted by atomic mass is 79.9. The summed E-state index contributed by atoms with van der Waals surface area (Å²) in [6, 6.07) is 14.0. The summed E-state index contributed by atoms with van der Waals surface area (Å²) >= 11 is 3.36. The zero-order valence-corrected chi connectivity index (χ0v) is 16.9. The molecule has 142 valence electrons. The summed E-state index contributed by atoms with van der Waals surface area (Å²) in [7, 11) is 1.70. The molecule has 0 saturated carbocycles. The maximum atomic E-state index is 12.8. The molecule has 0 saturated heterocycles. The number of amides is 3. The van der Waals surface area contributed by atoms with E-state index in [1.165, 1.54) is 6.92 Å². The topological polar surface area (TPSA) is 78.5 Å². The number of hydrogen-bond donors (Lipinski definition) is 2. The van der Waals surface area contributed by atoms with E-state index >= 15 is 0 Å². The van der Waals surface area contributed by atoms with Gasteiger partial charge in [-0.2, -0.15) is 0 Å². The molecule has 0 bridgehead atoms. The smallest absolute Gasteiger partial charge is 0.256 e. The van der Waals surface area contributed by atoms with E-state index in [2.05, 4.69) is 26.6 Å². The fraction of sp³-hybridized carbons (Fsp3) is 0.250. The fourth-order valence-corrected chi connectivity index (χ4v) is 2.97. The number of nitrogens with zero attached hydrogens (tertiary/aromatic N) is 1. The number of carbonyl (C=O) groups excluding carboxylic acids is 3. The Hall–Kier alpha value is -2.67. The molecule has 0 aliphatic rings. The lowest BCUT2D eigenvalue weighted by Gasteiger charge is -2.19. The normalized spacial score (nSPS) is 10.2. The molecule has 0 heterocycles. The average molecular weight is 432 g/mol. The number of carbonyl (C=O) groups is 3. The molecule has 0 fully saturated rings. The molecule has 2 aromatic carbocycles. The molecule has 2 aromatic rings. The van der Waals surface area contributed by atoms with E-state index in [1.807, 2.05) is 6.07 Å². The summed E-state index contributed by atoms with van der Waals surface area (Å²) in [6.45, 7) is 2.46. The average Bonchev–Trinajstić information content (AvgIpc) is 2.65. The monoisotopic (exact) mass is 431 g/mol. The van der Waals surface area contributed by atoms with Crippen LogP contribution in [0.5, 0.6) is 0 Å². The molecule has 0 aromatic heterocycles. The van der Waals surface area contributed by atoms with E-state index in [0.717, 1.165) is 0 Å². The summed E-state index contributed by atoms with van der Waals surface area (Å²) in [4.78, 5) is 37.8. The molecule has 0 aliphatic carbocycles. The maximum Gasteiger partial charge on any atom is 0.256 e. The molecule has 27 heavy (non-hydrogen) atoms. The van der Waals surface area contributed by atoms with Crippen molar-refractivity contribution in [2.24, 2.45) is 0 Å². The molecule has 2 rings (SSSR count). The van der Waals surface area contributed by atoms with Gasteiger partial charge in [-0.3, -0.25) is 14.4 Å². The van der Waals surface area contributed by atoms with Gasteiger partial charge < -0.3 is 15.5 Å². The van der Waals surface area contributed by atoms with Crippen LogP contribution in [0.25, 0.3) is 0 Å². The number of halogens is 1. The highest BCUT2D eigenvalue weighted by molar-refractivity contribution is 9.10. The van der Waals surface area contributed by atoms with Crippen LogP contribution in [0.3, 0.4) is 0 Å². The highest BCUT2D eigenvalue weighted by Crippen LogP contribution is 2.21. The van der Waals surface area contributed by atoms with Crippen LogP contribution < -0.4 is 10.6 Å². The van der Waals surface area contributed by atoms with Gasteiger partial charge in [0.25, 0.3) is 11.8 Å². The Morgan fingerprint density at radius 2 is 1.63 bits per heavy atom. The fourth-order valence-electron chi connectivity index (χ4n) is 2.50. The van der Waals surface area contributed by atoms with Gasteiger partial charge in [0.15, 0.2) is 0 Å². The van der Waals surface area contributed by atoms with Crippen molar-refractivity contribution in [1.29, 1.82) is 0 Å². The Morgan fingerprint density at radius 3 is 2.30 bits per heavy atom. The molecule has 2 N–H and O–H groups in total. The van der Waals surface area contributed by atoms with Crippen molar-refractivity contribution in [1.82, 2.24) is 10.2 Å². The van der Waals surface area contributed by atoms with Gasteiger partial charge in [0.1, 0.15) is 0 Å². The first-order valence-corrected chi connectivity index (χ1v) is 9.34. The number of nitrogens with one attached hydrogen (secondary N) is 2. The van der Waals surface area contributed by atoms with E-state index in [4.69, 9.17) is 0 Å². The van der Waals surface area contributed by atoms with Gasteiger partial charge >= 0.3 is 0 Å². The summed E-state index contributed by atoms with van der Waals surface area (Å²) in [5.41, 5.74) is 1.36. The third-order valence-corrected chi connectivity index (χ3v) is 4.61. The van der Waals surface area contributed by atoms with Crippen LogP contribution in [0.2, 0.25) is 0 Å². The Balaban J connectivity index is 2.08. The number of benzene rings is 2. The van der Waals surface area contributed by atoms with Crippen LogP contribution >= 0.6 is 15.9 Å². The first-order chi connectivity index (χ1) is 12.9. The van der Waals surface area contributed by atoms with Crippen molar-refractivity contribution >= 4 is 39.3 Å². The van der Waals surface area contributed by atoms with E-state index in [9.17, 15) is 14.4 Å². The van der Waals surface area contributed by atoms with Crippen molar-refractivity contribution in [2.75, 3.05) is 25.5 Å².